The van der Waals surface area contributed by atoms with Crippen LogP contribution in [0.4, 0.5) is 0 Å². The molecule has 0 amide bonds. The standard InChI is InChI=1S/C16H22N2S/c1-11-15(19-10-18-11)14(17)9-12-5-7-13(8-6-12)16(2,3)4/h5-8,10,14H,9,17H2,1-4H3. The van der Waals surface area contributed by atoms with Crippen LogP contribution in [0.2, 0.25) is 0 Å². The number of nitrogens with two attached hydrogens (primary N) is 1. The molecule has 1 unspecified atom stereocenters. The molecule has 0 aliphatic heterocycles. The number of nitrogens with zero attached hydrogens (tertiary/aromatic N) is 1. The highest BCUT2D eigenvalue weighted by Crippen LogP contribution is 2.25. The summed E-state index contributed by atoms with van der Waals surface area (Å²) >= 11 is 1.65. The summed E-state index contributed by atoms with van der Waals surface area (Å²) in [6.45, 7) is 8.71. The summed E-state index contributed by atoms with van der Waals surface area (Å²) in [6, 6.07) is 8.85. The van der Waals surface area contributed by atoms with Crippen LogP contribution in [-0.2, 0) is 11.8 Å². The van der Waals surface area contributed by atoms with Gasteiger partial charge >= 0.3 is 0 Å². The lowest BCUT2D eigenvalue weighted by molar-refractivity contribution is 0.589. The minimum Gasteiger partial charge on any atom is -0.323 e. The molecule has 2 nitrogen and oxygen atoms in total. The Balaban J connectivity index is 2.10. The van der Waals surface area contributed by atoms with Crippen molar-refractivity contribution in [2.45, 2.75) is 45.6 Å². The smallest absolute Gasteiger partial charge is 0.0798 e. The molecule has 2 aromatic rings. The summed E-state index contributed by atoms with van der Waals surface area (Å²) in [7, 11) is 0. The molecular formula is C16H22N2S. The Hall–Kier alpha value is -1.19. The first kappa shape index (κ1) is 14.2. The van der Waals surface area contributed by atoms with Gasteiger partial charge in [-0.2, -0.15) is 0 Å². The summed E-state index contributed by atoms with van der Waals surface area (Å²) in [4.78, 5) is 5.46. The minimum atomic E-state index is 0.0491. The van der Waals surface area contributed by atoms with Gasteiger partial charge in [0.15, 0.2) is 0 Å². The molecule has 2 N–H and O–H groups in total. The Morgan fingerprint density at radius 1 is 1.21 bits per heavy atom. The molecule has 0 radical (unpaired) electrons. The van der Waals surface area contributed by atoms with Crippen LogP contribution in [-0.4, -0.2) is 4.98 Å². The summed E-state index contributed by atoms with van der Waals surface area (Å²) in [5.74, 6) is 0. The van der Waals surface area contributed by atoms with Gasteiger partial charge < -0.3 is 5.73 Å². The fourth-order valence-electron chi connectivity index (χ4n) is 2.15. The van der Waals surface area contributed by atoms with E-state index in [0.29, 0.717) is 0 Å². The second kappa shape index (κ2) is 5.43. The first-order valence-corrected chi connectivity index (χ1v) is 7.51. The number of benzene rings is 1. The first-order valence-electron chi connectivity index (χ1n) is 6.63. The lowest BCUT2D eigenvalue weighted by Gasteiger charge is -2.19. The lowest BCUT2D eigenvalue weighted by atomic mass is 9.86. The average Bonchev–Trinajstić information content (AvgIpc) is 2.75. The monoisotopic (exact) mass is 274 g/mol. The van der Waals surface area contributed by atoms with E-state index in [1.165, 1.54) is 16.0 Å². The van der Waals surface area contributed by atoms with Crippen LogP contribution in [0.1, 0.15) is 48.5 Å². The Morgan fingerprint density at radius 3 is 2.32 bits per heavy atom. The fourth-order valence-corrected chi connectivity index (χ4v) is 2.96. The molecule has 102 valence electrons. The van der Waals surface area contributed by atoms with Crippen LogP contribution in [0.25, 0.3) is 0 Å². The predicted molar refractivity (Wildman–Crippen MR) is 82.6 cm³/mol. The van der Waals surface area contributed by atoms with Crippen molar-refractivity contribution in [1.82, 2.24) is 4.98 Å². The fraction of sp³-hybridized carbons (Fsp3) is 0.438. The van der Waals surface area contributed by atoms with Crippen LogP contribution in [0, 0.1) is 6.92 Å². The molecule has 0 saturated heterocycles. The highest BCUT2D eigenvalue weighted by atomic mass is 32.1. The summed E-state index contributed by atoms with van der Waals surface area (Å²) in [5, 5.41) is 0. The zero-order chi connectivity index (χ0) is 14.0. The third-order valence-corrected chi connectivity index (χ3v) is 4.46. The topological polar surface area (TPSA) is 38.9 Å². The van der Waals surface area contributed by atoms with E-state index >= 15 is 0 Å². The maximum absolute atomic E-state index is 6.27. The van der Waals surface area contributed by atoms with Crippen molar-refractivity contribution < 1.29 is 0 Å². The van der Waals surface area contributed by atoms with Crippen LogP contribution in [0.5, 0.6) is 0 Å². The molecule has 1 heterocycles. The average molecular weight is 274 g/mol. The molecule has 0 bridgehead atoms. The van der Waals surface area contributed by atoms with Gasteiger partial charge in [-0.25, -0.2) is 4.98 Å². The summed E-state index contributed by atoms with van der Waals surface area (Å²) in [5.41, 5.74) is 12.0. The molecule has 3 heteroatoms. The van der Waals surface area contributed by atoms with Gasteiger partial charge in [0.1, 0.15) is 0 Å². The van der Waals surface area contributed by atoms with Crippen molar-refractivity contribution in [1.29, 1.82) is 0 Å². The zero-order valence-electron chi connectivity index (χ0n) is 12.1. The van der Waals surface area contributed by atoms with E-state index in [2.05, 4.69) is 50.0 Å². The van der Waals surface area contributed by atoms with Gasteiger partial charge in [0.2, 0.25) is 0 Å². The number of hydrogen-bond donors (Lipinski definition) is 1. The Labute approximate surface area is 119 Å². The lowest BCUT2D eigenvalue weighted by Crippen LogP contribution is -2.14. The maximum Gasteiger partial charge on any atom is 0.0798 e. The normalized spacial score (nSPS) is 13.5. The van der Waals surface area contributed by atoms with Crippen molar-refractivity contribution in [3.8, 4) is 0 Å². The van der Waals surface area contributed by atoms with E-state index in [1.54, 1.807) is 11.3 Å². The molecule has 0 fully saturated rings. The molecule has 0 aliphatic carbocycles. The third kappa shape index (κ3) is 3.43. The van der Waals surface area contributed by atoms with E-state index in [-0.39, 0.29) is 11.5 Å². The molecular weight excluding hydrogens is 252 g/mol. The van der Waals surface area contributed by atoms with E-state index in [0.717, 1.165) is 12.1 Å². The van der Waals surface area contributed by atoms with Crippen LogP contribution in [0.3, 0.4) is 0 Å². The van der Waals surface area contributed by atoms with E-state index in [4.69, 9.17) is 5.73 Å². The Kier molecular flexibility index (Phi) is 4.07. The van der Waals surface area contributed by atoms with Gasteiger partial charge in [0.05, 0.1) is 11.2 Å². The van der Waals surface area contributed by atoms with Crippen LogP contribution < -0.4 is 5.73 Å². The van der Waals surface area contributed by atoms with Crippen molar-refractivity contribution in [3.63, 3.8) is 0 Å². The van der Waals surface area contributed by atoms with Crippen LogP contribution >= 0.6 is 11.3 Å². The highest BCUT2D eigenvalue weighted by molar-refractivity contribution is 7.09. The number of thiazole rings is 1. The highest BCUT2D eigenvalue weighted by Gasteiger charge is 2.15. The van der Waals surface area contributed by atoms with E-state index in [9.17, 15) is 0 Å². The predicted octanol–water partition coefficient (Wildman–Crippen LogP) is 3.99. The molecule has 2 rings (SSSR count). The second-order valence-electron chi connectivity index (χ2n) is 6.06. The maximum atomic E-state index is 6.27. The third-order valence-electron chi connectivity index (χ3n) is 3.39. The molecule has 1 atom stereocenters. The zero-order valence-corrected chi connectivity index (χ0v) is 12.9. The van der Waals surface area contributed by atoms with Crippen molar-refractivity contribution in [2.24, 2.45) is 5.73 Å². The Bertz CT molecular complexity index is 535. The molecule has 0 aliphatic rings. The summed E-state index contributed by atoms with van der Waals surface area (Å²) in [6.07, 6.45) is 0.869. The number of hydrogen-bond acceptors (Lipinski definition) is 3. The quantitative estimate of drug-likeness (QED) is 0.919. The van der Waals surface area contributed by atoms with Gasteiger partial charge in [0.25, 0.3) is 0 Å². The van der Waals surface area contributed by atoms with Gasteiger partial charge in [0, 0.05) is 10.9 Å². The molecule has 0 saturated carbocycles. The minimum absolute atomic E-state index is 0.0491. The first-order chi connectivity index (χ1) is 8.88. The molecule has 1 aromatic carbocycles. The number of rotatable bonds is 3. The van der Waals surface area contributed by atoms with Crippen molar-refractivity contribution >= 4 is 11.3 Å². The SMILES string of the molecule is Cc1ncsc1C(N)Cc1ccc(C(C)(C)C)cc1. The van der Waals surface area contributed by atoms with E-state index in [1.807, 2.05) is 12.4 Å². The van der Waals surface area contributed by atoms with Gasteiger partial charge in [-0.05, 0) is 29.9 Å². The van der Waals surface area contributed by atoms with Gasteiger partial charge in [-0.3, -0.25) is 0 Å². The largest absolute Gasteiger partial charge is 0.323 e. The number of aryl methyl sites for hydroxylation is 1. The Morgan fingerprint density at radius 2 is 1.84 bits per heavy atom. The summed E-state index contributed by atoms with van der Waals surface area (Å²) < 4.78 is 0. The van der Waals surface area contributed by atoms with Crippen molar-refractivity contribution in [3.05, 3.63) is 51.5 Å². The van der Waals surface area contributed by atoms with Crippen molar-refractivity contribution in [2.75, 3.05) is 0 Å². The van der Waals surface area contributed by atoms with Gasteiger partial charge in [-0.15, -0.1) is 11.3 Å². The number of aromatic nitrogens is 1. The second-order valence-corrected chi connectivity index (χ2v) is 6.95. The molecule has 19 heavy (non-hydrogen) atoms. The van der Waals surface area contributed by atoms with Crippen LogP contribution in [0.15, 0.2) is 29.8 Å². The molecule has 0 spiro atoms. The molecule has 1 aromatic heterocycles. The van der Waals surface area contributed by atoms with E-state index < -0.39 is 0 Å². The van der Waals surface area contributed by atoms with Gasteiger partial charge in [-0.1, -0.05) is 45.0 Å².